The Morgan fingerprint density at radius 3 is 2.45 bits per heavy atom. The molecule has 10 heteroatoms. The summed E-state index contributed by atoms with van der Waals surface area (Å²) in [7, 11) is -0.507. The maximum Gasteiger partial charge on any atom is 0.242 e. The van der Waals surface area contributed by atoms with E-state index in [9.17, 15) is 8.42 Å². The zero-order valence-corrected chi connectivity index (χ0v) is 18.5. The molecule has 0 atom stereocenters. The minimum Gasteiger partial charge on any atom is -0.486 e. The summed E-state index contributed by atoms with van der Waals surface area (Å²) in [5.41, 5.74) is 2.31. The Bertz CT molecular complexity index is 1320. The Morgan fingerprint density at radius 2 is 1.84 bits per heavy atom. The first-order valence-electron chi connectivity index (χ1n) is 9.75. The normalized spacial score (nSPS) is 12.0. The highest BCUT2D eigenvalue weighted by atomic mass is 32.2. The number of hydrogen-bond donors (Lipinski definition) is 0. The van der Waals surface area contributed by atoms with Crippen molar-refractivity contribution in [2.45, 2.75) is 31.9 Å². The molecule has 0 aliphatic carbocycles. The van der Waals surface area contributed by atoms with Crippen molar-refractivity contribution in [3.63, 3.8) is 0 Å². The maximum atomic E-state index is 12.4. The van der Waals surface area contributed by atoms with Crippen LogP contribution in [0.25, 0.3) is 22.4 Å². The molecule has 4 aromatic rings. The molecule has 0 radical (unpaired) electrons. The zero-order valence-electron chi connectivity index (χ0n) is 17.7. The molecule has 0 amide bonds. The molecule has 2 heterocycles. The second kappa shape index (κ2) is 8.12. The highest BCUT2D eigenvalue weighted by molar-refractivity contribution is 7.89. The monoisotopic (exact) mass is 441 g/mol. The van der Waals surface area contributed by atoms with Crippen molar-refractivity contribution in [3.8, 4) is 17.1 Å². The molecule has 0 unspecified atom stereocenters. The van der Waals surface area contributed by atoms with E-state index in [2.05, 4.69) is 15.1 Å². The number of nitrogens with zero attached hydrogens (tertiary/aromatic N) is 5. The van der Waals surface area contributed by atoms with Crippen LogP contribution in [0.15, 0.2) is 51.9 Å². The molecule has 0 saturated carbocycles. The van der Waals surface area contributed by atoms with Gasteiger partial charge in [-0.2, -0.15) is 4.98 Å². The van der Waals surface area contributed by atoms with E-state index in [1.54, 1.807) is 25.1 Å². The second-order valence-electron chi connectivity index (χ2n) is 7.16. The maximum absolute atomic E-state index is 12.4. The minimum absolute atomic E-state index is 0.213. The Balaban J connectivity index is 1.56. The fourth-order valence-electron chi connectivity index (χ4n) is 3.26. The van der Waals surface area contributed by atoms with Crippen LogP contribution >= 0.6 is 0 Å². The molecular weight excluding hydrogens is 418 g/mol. The number of hydrogen-bond acceptors (Lipinski definition) is 7. The first kappa shape index (κ1) is 21.0. The number of rotatable bonds is 7. The highest BCUT2D eigenvalue weighted by Crippen LogP contribution is 2.24. The van der Waals surface area contributed by atoms with Crippen LogP contribution in [0.3, 0.4) is 0 Å². The summed E-state index contributed by atoms with van der Waals surface area (Å²) in [4.78, 5) is 9.04. The van der Waals surface area contributed by atoms with Crippen molar-refractivity contribution in [2.24, 2.45) is 0 Å². The van der Waals surface area contributed by atoms with E-state index < -0.39 is 10.0 Å². The smallest absolute Gasteiger partial charge is 0.242 e. The zero-order chi connectivity index (χ0) is 22.2. The summed E-state index contributed by atoms with van der Waals surface area (Å²) in [5.74, 6) is 2.43. The number of fused-ring (bicyclic) bond motifs is 1. The largest absolute Gasteiger partial charge is 0.486 e. The fraction of sp³-hybridized carbons (Fsp3) is 0.286. The molecule has 9 nitrogen and oxygen atoms in total. The van der Waals surface area contributed by atoms with E-state index >= 15 is 0 Å². The third-order valence-corrected chi connectivity index (χ3v) is 6.71. The summed E-state index contributed by atoms with van der Waals surface area (Å²) in [6.45, 7) is 4.69. The van der Waals surface area contributed by atoms with Gasteiger partial charge in [0, 0.05) is 33.1 Å². The van der Waals surface area contributed by atoms with E-state index in [1.807, 2.05) is 35.8 Å². The van der Waals surface area contributed by atoms with Gasteiger partial charge in [0.1, 0.15) is 18.2 Å². The van der Waals surface area contributed by atoms with Crippen molar-refractivity contribution in [1.29, 1.82) is 0 Å². The molecule has 0 bridgehead atoms. The van der Waals surface area contributed by atoms with E-state index in [0.717, 1.165) is 16.9 Å². The lowest BCUT2D eigenvalue weighted by molar-refractivity contribution is 0.291. The van der Waals surface area contributed by atoms with Crippen LogP contribution in [0, 0.1) is 6.92 Å². The summed E-state index contributed by atoms with van der Waals surface area (Å²) in [6.07, 6.45) is 0. The lowest BCUT2D eigenvalue weighted by Gasteiger charge is -2.11. The SMILES string of the molecule is CCn1c(COc2ccc(-c3noc(C)n3)cc2)nc2cc(S(=O)(=O)N(C)C)ccc21. The van der Waals surface area contributed by atoms with Crippen molar-refractivity contribution < 1.29 is 17.7 Å². The van der Waals surface area contributed by atoms with Gasteiger partial charge in [-0.25, -0.2) is 17.7 Å². The lowest BCUT2D eigenvalue weighted by atomic mass is 10.2. The van der Waals surface area contributed by atoms with E-state index in [-0.39, 0.29) is 11.5 Å². The minimum atomic E-state index is -3.52. The number of aromatic nitrogens is 4. The van der Waals surface area contributed by atoms with Crippen LogP contribution in [-0.4, -0.2) is 46.5 Å². The molecular formula is C21H23N5O4S. The van der Waals surface area contributed by atoms with Gasteiger partial charge in [-0.15, -0.1) is 0 Å². The number of imidazole rings is 1. The van der Waals surface area contributed by atoms with Crippen molar-refractivity contribution in [2.75, 3.05) is 14.1 Å². The molecule has 0 aliphatic rings. The summed E-state index contributed by atoms with van der Waals surface area (Å²) >= 11 is 0. The third-order valence-electron chi connectivity index (χ3n) is 4.90. The fourth-order valence-corrected chi connectivity index (χ4v) is 4.18. The van der Waals surface area contributed by atoms with Gasteiger partial charge < -0.3 is 13.8 Å². The Hall–Kier alpha value is -3.24. The molecule has 0 N–H and O–H groups in total. The van der Waals surface area contributed by atoms with Crippen molar-refractivity contribution in [3.05, 3.63) is 54.2 Å². The van der Waals surface area contributed by atoms with Gasteiger partial charge in [0.2, 0.25) is 21.7 Å². The van der Waals surface area contributed by atoms with E-state index in [1.165, 1.54) is 18.4 Å². The predicted molar refractivity (Wildman–Crippen MR) is 115 cm³/mol. The topological polar surface area (TPSA) is 103 Å². The number of sulfonamides is 1. The summed E-state index contributed by atoms with van der Waals surface area (Å²) in [5, 5.41) is 3.91. The van der Waals surface area contributed by atoms with Crippen molar-refractivity contribution in [1.82, 2.24) is 24.0 Å². The van der Waals surface area contributed by atoms with Crippen LogP contribution in [0.5, 0.6) is 5.75 Å². The molecule has 4 rings (SSSR count). The predicted octanol–water partition coefficient (Wildman–Crippen LogP) is 3.24. The molecule has 0 saturated heterocycles. The number of ether oxygens (including phenoxy) is 1. The van der Waals surface area contributed by atoms with Gasteiger partial charge in [0.15, 0.2) is 0 Å². The highest BCUT2D eigenvalue weighted by Gasteiger charge is 2.19. The molecule has 2 aromatic carbocycles. The van der Waals surface area contributed by atoms with Crippen LogP contribution in [0.2, 0.25) is 0 Å². The van der Waals surface area contributed by atoms with Gasteiger partial charge in [0.05, 0.1) is 15.9 Å². The lowest BCUT2D eigenvalue weighted by Crippen LogP contribution is -2.22. The first-order valence-corrected chi connectivity index (χ1v) is 11.2. The van der Waals surface area contributed by atoms with Crippen LogP contribution in [-0.2, 0) is 23.2 Å². The van der Waals surface area contributed by atoms with Crippen LogP contribution in [0.4, 0.5) is 0 Å². The quantitative estimate of drug-likeness (QED) is 0.434. The average Bonchev–Trinajstić information content (AvgIpc) is 3.34. The Morgan fingerprint density at radius 1 is 1.10 bits per heavy atom. The molecule has 31 heavy (non-hydrogen) atoms. The van der Waals surface area contributed by atoms with Crippen molar-refractivity contribution >= 4 is 21.1 Å². The third kappa shape index (κ3) is 4.04. The molecule has 0 fully saturated rings. The van der Waals surface area contributed by atoms with Gasteiger partial charge >= 0.3 is 0 Å². The first-order chi connectivity index (χ1) is 14.8. The molecule has 2 aromatic heterocycles. The Kier molecular flexibility index (Phi) is 5.50. The van der Waals surface area contributed by atoms with Gasteiger partial charge in [-0.1, -0.05) is 5.16 Å². The van der Waals surface area contributed by atoms with Crippen LogP contribution in [0.1, 0.15) is 18.6 Å². The second-order valence-corrected chi connectivity index (χ2v) is 9.31. The Labute approximate surface area is 180 Å². The number of benzene rings is 2. The summed E-state index contributed by atoms with van der Waals surface area (Å²) < 4.78 is 39.0. The van der Waals surface area contributed by atoms with Gasteiger partial charge in [-0.05, 0) is 49.4 Å². The van der Waals surface area contributed by atoms with Gasteiger partial charge in [0.25, 0.3) is 0 Å². The molecule has 0 spiro atoms. The average molecular weight is 442 g/mol. The van der Waals surface area contributed by atoms with E-state index in [0.29, 0.717) is 29.5 Å². The van der Waals surface area contributed by atoms with E-state index in [4.69, 9.17) is 9.26 Å². The number of aryl methyl sites for hydroxylation is 2. The summed E-state index contributed by atoms with van der Waals surface area (Å²) in [6, 6.07) is 12.4. The standard InChI is InChI=1S/C21H23N5O4S/c1-5-26-19-11-10-17(31(27,28)25(3)4)12-18(19)23-20(26)13-29-16-8-6-15(7-9-16)21-22-14(2)30-24-21/h6-12H,5,13H2,1-4H3. The molecule has 0 aliphatic heterocycles. The van der Waals surface area contributed by atoms with Crippen LogP contribution < -0.4 is 4.74 Å². The van der Waals surface area contributed by atoms with Gasteiger partial charge in [-0.3, -0.25) is 0 Å². The molecule has 162 valence electrons.